The van der Waals surface area contributed by atoms with Gasteiger partial charge in [-0.25, -0.2) is 0 Å². The molecule has 0 atom stereocenters. The third-order valence-corrected chi connectivity index (χ3v) is 2.66. The highest BCUT2D eigenvalue weighted by Gasteiger charge is 2.41. The highest BCUT2D eigenvalue weighted by Crippen LogP contribution is 2.40. The van der Waals surface area contributed by atoms with E-state index in [0.29, 0.717) is 12.1 Å². The SMILES string of the molecule is CCc1c(C(F)(F)F)cc(C(=O)Cl)cc1C(F)(F)F. The van der Waals surface area contributed by atoms with Gasteiger partial charge in [0.05, 0.1) is 11.1 Å². The Balaban J connectivity index is 3.72. The quantitative estimate of drug-likeness (QED) is 0.573. The van der Waals surface area contributed by atoms with Gasteiger partial charge in [-0.15, -0.1) is 0 Å². The molecule has 0 radical (unpaired) electrons. The van der Waals surface area contributed by atoms with Crippen LogP contribution in [0.3, 0.4) is 0 Å². The van der Waals surface area contributed by atoms with Gasteiger partial charge in [0, 0.05) is 5.56 Å². The third kappa shape index (κ3) is 3.40. The molecule has 0 aliphatic rings. The van der Waals surface area contributed by atoms with Gasteiger partial charge in [-0.2, -0.15) is 26.3 Å². The summed E-state index contributed by atoms with van der Waals surface area (Å²) in [6.45, 7) is 1.17. The van der Waals surface area contributed by atoms with Crippen LogP contribution in [0.2, 0.25) is 0 Å². The predicted octanol–water partition coefficient (Wildman–Crippen LogP) is 4.67. The summed E-state index contributed by atoms with van der Waals surface area (Å²) in [5.74, 6) is 0. The molecular weight excluding hydrogens is 298 g/mol. The monoisotopic (exact) mass is 304 g/mol. The number of hydrogen-bond donors (Lipinski definition) is 0. The molecule has 1 nitrogen and oxygen atoms in total. The first kappa shape index (κ1) is 15.8. The fourth-order valence-electron chi connectivity index (χ4n) is 1.67. The van der Waals surface area contributed by atoms with Gasteiger partial charge in [0.1, 0.15) is 0 Å². The van der Waals surface area contributed by atoms with Gasteiger partial charge in [0.25, 0.3) is 5.24 Å². The molecule has 0 N–H and O–H groups in total. The summed E-state index contributed by atoms with van der Waals surface area (Å²) >= 11 is 4.97. The fraction of sp³-hybridized carbons (Fsp3) is 0.364. The van der Waals surface area contributed by atoms with Crippen LogP contribution in [0, 0.1) is 0 Å². The molecule has 0 unspecified atom stereocenters. The van der Waals surface area contributed by atoms with E-state index >= 15 is 0 Å². The number of alkyl halides is 6. The minimum absolute atomic E-state index is 0.337. The van der Waals surface area contributed by atoms with Crippen molar-refractivity contribution in [2.24, 2.45) is 0 Å². The van der Waals surface area contributed by atoms with E-state index in [9.17, 15) is 31.1 Å². The van der Waals surface area contributed by atoms with Crippen molar-refractivity contribution in [1.29, 1.82) is 0 Å². The molecule has 1 aromatic rings. The van der Waals surface area contributed by atoms with Crippen molar-refractivity contribution in [3.8, 4) is 0 Å². The lowest BCUT2D eigenvalue weighted by molar-refractivity contribution is -0.144. The molecule has 1 aromatic carbocycles. The average Bonchev–Trinajstić information content (AvgIpc) is 2.24. The van der Waals surface area contributed by atoms with Crippen molar-refractivity contribution in [2.45, 2.75) is 25.7 Å². The van der Waals surface area contributed by atoms with Crippen molar-refractivity contribution in [3.05, 3.63) is 34.4 Å². The zero-order valence-corrected chi connectivity index (χ0v) is 10.2. The average molecular weight is 305 g/mol. The maximum atomic E-state index is 12.7. The van der Waals surface area contributed by atoms with E-state index in [2.05, 4.69) is 0 Å². The van der Waals surface area contributed by atoms with Crippen LogP contribution in [0.5, 0.6) is 0 Å². The second-order valence-electron chi connectivity index (χ2n) is 3.67. The zero-order valence-electron chi connectivity index (χ0n) is 9.42. The first-order chi connectivity index (χ1) is 8.48. The van der Waals surface area contributed by atoms with Gasteiger partial charge < -0.3 is 0 Å². The van der Waals surface area contributed by atoms with Crippen LogP contribution in [0.15, 0.2) is 12.1 Å². The normalized spacial score (nSPS) is 12.6. The highest BCUT2D eigenvalue weighted by molar-refractivity contribution is 6.67. The molecule has 19 heavy (non-hydrogen) atoms. The molecule has 106 valence electrons. The van der Waals surface area contributed by atoms with Crippen LogP contribution in [0.4, 0.5) is 26.3 Å². The van der Waals surface area contributed by atoms with Crippen molar-refractivity contribution < 1.29 is 31.1 Å². The van der Waals surface area contributed by atoms with Gasteiger partial charge >= 0.3 is 12.4 Å². The van der Waals surface area contributed by atoms with Crippen LogP contribution in [0.25, 0.3) is 0 Å². The van der Waals surface area contributed by atoms with Gasteiger partial charge in [0.15, 0.2) is 0 Å². The summed E-state index contributed by atoms with van der Waals surface area (Å²) in [7, 11) is 0. The van der Waals surface area contributed by atoms with E-state index < -0.39 is 46.3 Å². The molecule has 0 aromatic heterocycles. The first-order valence-electron chi connectivity index (χ1n) is 4.99. The third-order valence-electron chi connectivity index (χ3n) is 2.44. The predicted molar refractivity (Wildman–Crippen MR) is 56.0 cm³/mol. The summed E-state index contributed by atoms with van der Waals surface area (Å²) in [6, 6.07) is 0.673. The van der Waals surface area contributed by atoms with E-state index in [0.717, 1.165) is 0 Å². The first-order valence-corrected chi connectivity index (χ1v) is 5.37. The molecule has 0 heterocycles. The smallest absolute Gasteiger partial charge is 0.276 e. The Morgan fingerprint density at radius 2 is 1.42 bits per heavy atom. The Hall–Kier alpha value is -1.24. The Labute approximate surface area is 109 Å². The summed E-state index contributed by atoms with van der Waals surface area (Å²) in [4.78, 5) is 10.8. The van der Waals surface area contributed by atoms with Gasteiger partial charge in [-0.1, -0.05) is 6.92 Å². The molecule has 1 rings (SSSR count). The topological polar surface area (TPSA) is 17.1 Å². The number of hydrogen-bond acceptors (Lipinski definition) is 1. The minimum atomic E-state index is -4.99. The molecule has 0 bridgehead atoms. The Bertz CT molecular complexity index is 468. The van der Waals surface area contributed by atoms with E-state index in [4.69, 9.17) is 11.6 Å². The lowest BCUT2D eigenvalue weighted by Gasteiger charge is -2.18. The molecular formula is C11H7ClF6O. The minimum Gasteiger partial charge on any atom is -0.276 e. The summed E-state index contributed by atoms with van der Waals surface area (Å²) < 4.78 is 76.4. The molecule has 0 amide bonds. The van der Waals surface area contributed by atoms with Gasteiger partial charge in [0.2, 0.25) is 0 Å². The second-order valence-corrected chi connectivity index (χ2v) is 4.02. The molecule has 0 fully saturated rings. The summed E-state index contributed by atoms with van der Waals surface area (Å²) in [5.41, 5.74) is -4.72. The van der Waals surface area contributed by atoms with Crippen LogP contribution < -0.4 is 0 Å². The van der Waals surface area contributed by atoms with E-state index in [1.807, 2.05) is 0 Å². The van der Waals surface area contributed by atoms with E-state index in [1.54, 1.807) is 0 Å². The zero-order chi connectivity index (χ0) is 15.0. The summed E-state index contributed by atoms with van der Waals surface area (Å²) in [5, 5.41) is -1.38. The number of carbonyl (C=O) groups excluding carboxylic acids is 1. The van der Waals surface area contributed by atoms with Crippen molar-refractivity contribution in [3.63, 3.8) is 0 Å². The lowest BCUT2D eigenvalue weighted by Crippen LogP contribution is -2.17. The number of carbonyl (C=O) groups is 1. The van der Waals surface area contributed by atoms with Crippen LogP contribution in [-0.2, 0) is 18.8 Å². The fourth-order valence-corrected chi connectivity index (χ4v) is 1.78. The molecule has 0 saturated carbocycles. The lowest BCUT2D eigenvalue weighted by atomic mass is 9.95. The molecule has 8 heteroatoms. The van der Waals surface area contributed by atoms with Crippen molar-refractivity contribution >= 4 is 16.8 Å². The largest absolute Gasteiger partial charge is 0.416 e. The molecule has 0 spiro atoms. The number of benzene rings is 1. The summed E-state index contributed by atoms with van der Waals surface area (Å²) in [6.07, 6.45) is -10.5. The Morgan fingerprint density at radius 1 is 1.05 bits per heavy atom. The van der Waals surface area contributed by atoms with Gasteiger partial charge in [-0.05, 0) is 35.7 Å². The number of halogens is 7. The van der Waals surface area contributed by atoms with Gasteiger partial charge in [-0.3, -0.25) is 4.79 Å². The van der Waals surface area contributed by atoms with Crippen LogP contribution in [0.1, 0.15) is 34.0 Å². The van der Waals surface area contributed by atoms with Crippen molar-refractivity contribution in [2.75, 3.05) is 0 Å². The number of rotatable bonds is 2. The Kier molecular flexibility index (Phi) is 4.19. The van der Waals surface area contributed by atoms with E-state index in [1.165, 1.54) is 6.92 Å². The van der Waals surface area contributed by atoms with Crippen LogP contribution in [-0.4, -0.2) is 5.24 Å². The molecule has 0 aliphatic carbocycles. The van der Waals surface area contributed by atoms with E-state index in [-0.39, 0.29) is 0 Å². The molecule has 0 aliphatic heterocycles. The maximum Gasteiger partial charge on any atom is 0.416 e. The maximum absolute atomic E-state index is 12.7. The van der Waals surface area contributed by atoms with Crippen LogP contribution >= 0.6 is 11.6 Å². The Morgan fingerprint density at radius 3 is 1.63 bits per heavy atom. The second kappa shape index (κ2) is 5.03. The molecule has 0 saturated heterocycles. The standard InChI is InChI=1S/C11H7ClF6O/c1-2-6-7(10(13,14)15)3-5(9(12)19)4-8(6)11(16,17)18/h3-4H,2H2,1H3. The van der Waals surface area contributed by atoms with Crippen molar-refractivity contribution in [1.82, 2.24) is 0 Å². The highest BCUT2D eigenvalue weighted by atomic mass is 35.5.